The van der Waals surface area contributed by atoms with Gasteiger partial charge in [-0.05, 0) is 43.1 Å². The summed E-state index contributed by atoms with van der Waals surface area (Å²) in [5.74, 6) is 0. The van der Waals surface area contributed by atoms with Crippen LogP contribution in [0.1, 0.15) is 32.6 Å². The quantitative estimate of drug-likeness (QED) is 0.595. The van der Waals surface area contributed by atoms with Crippen LogP contribution in [0, 0.1) is 10.8 Å². The maximum atomic E-state index is 5.49. The van der Waals surface area contributed by atoms with Crippen molar-refractivity contribution in [3.8, 4) is 0 Å². The zero-order valence-electron chi connectivity index (χ0n) is 6.11. The third-order valence-electron chi connectivity index (χ3n) is 3.08. The van der Waals surface area contributed by atoms with E-state index >= 15 is 0 Å². The maximum Gasteiger partial charge on any atom is -0.00720 e. The highest BCUT2D eigenvalue weighted by molar-refractivity contribution is 5.14. The third kappa shape index (κ3) is 0.586. The smallest absolute Gasteiger partial charge is 0.00720 e. The summed E-state index contributed by atoms with van der Waals surface area (Å²) in [5, 5.41) is 0. The van der Waals surface area contributed by atoms with Gasteiger partial charge >= 0.3 is 0 Å². The minimum Gasteiger partial charge on any atom is -0.330 e. The SMILES string of the molecule is CC12CC(CCN)(C1)C2. The van der Waals surface area contributed by atoms with Crippen molar-refractivity contribution in [3.63, 3.8) is 0 Å². The fourth-order valence-electron chi connectivity index (χ4n) is 3.13. The Balaban J connectivity index is 1.90. The van der Waals surface area contributed by atoms with Crippen LogP contribution in [0.5, 0.6) is 0 Å². The lowest BCUT2D eigenvalue weighted by atomic mass is 9.35. The van der Waals surface area contributed by atoms with E-state index in [1.807, 2.05) is 0 Å². The molecule has 0 unspecified atom stereocenters. The molecule has 1 nitrogen and oxygen atoms in total. The molecule has 0 aromatic rings. The number of nitrogens with two attached hydrogens (primary N) is 1. The van der Waals surface area contributed by atoms with Crippen LogP contribution in [0.15, 0.2) is 0 Å². The summed E-state index contributed by atoms with van der Waals surface area (Å²) in [7, 11) is 0. The predicted molar refractivity (Wildman–Crippen MR) is 38.1 cm³/mol. The van der Waals surface area contributed by atoms with E-state index in [1.54, 1.807) is 0 Å². The zero-order chi connectivity index (χ0) is 6.54. The summed E-state index contributed by atoms with van der Waals surface area (Å²) in [5.41, 5.74) is 7.02. The average Bonchev–Trinajstić information content (AvgIpc) is 1.60. The standard InChI is InChI=1S/C8H15N/c1-7-4-8(5-7,6-7)2-3-9/h2-6,9H2,1H3. The highest BCUT2D eigenvalue weighted by Gasteiger charge is 2.63. The van der Waals surface area contributed by atoms with Gasteiger partial charge in [0, 0.05) is 0 Å². The van der Waals surface area contributed by atoms with E-state index in [0.29, 0.717) is 0 Å². The van der Waals surface area contributed by atoms with Gasteiger partial charge in [0.2, 0.25) is 0 Å². The Hall–Kier alpha value is -0.0400. The predicted octanol–water partition coefficient (Wildman–Crippen LogP) is 1.53. The highest BCUT2D eigenvalue weighted by atomic mass is 14.7. The molecule has 0 aromatic carbocycles. The molecule has 0 amide bonds. The number of rotatable bonds is 2. The van der Waals surface area contributed by atoms with E-state index in [9.17, 15) is 0 Å². The second-order valence-corrected chi connectivity index (χ2v) is 4.38. The fourth-order valence-corrected chi connectivity index (χ4v) is 3.13. The molecule has 0 saturated heterocycles. The average molecular weight is 125 g/mol. The van der Waals surface area contributed by atoms with Crippen molar-refractivity contribution in [2.75, 3.05) is 6.54 Å². The summed E-state index contributed by atoms with van der Waals surface area (Å²) in [6, 6.07) is 0. The largest absolute Gasteiger partial charge is 0.330 e. The summed E-state index contributed by atoms with van der Waals surface area (Å²) in [6.45, 7) is 3.29. The van der Waals surface area contributed by atoms with Crippen LogP contribution < -0.4 is 5.73 Å². The molecule has 0 aromatic heterocycles. The van der Waals surface area contributed by atoms with E-state index in [-0.39, 0.29) is 0 Å². The molecule has 0 atom stereocenters. The lowest BCUT2D eigenvalue weighted by molar-refractivity contribution is -0.192. The van der Waals surface area contributed by atoms with Gasteiger partial charge in [-0.25, -0.2) is 0 Å². The summed E-state index contributed by atoms with van der Waals surface area (Å²) in [4.78, 5) is 0. The molecule has 3 rings (SSSR count). The van der Waals surface area contributed by atoms with Crippen molar-refractivity contribution in [1.29, 1.82) is 0 Å². The van der Waals surface area contributed by atoms with Crippen molar-refractivity contribution >= 4 is 0 Å². The lowest BCUT2D eigenvalue weighted by Gasteiger charge is -2.70. The molecule has 1 heteroatoms. The minimum atomic E-state index is 0.753. The Morgan fingerprint density at radius 1 is 1.33 bits per heavy atom. The van der Waals surface area contributed by atoms with Gasteiger partial charge in [-0.1, -0.05) is 6.92 Å². The van der Waals surface area contributed by atoms with Crippen LogP contribution in [-0.4, -0.2) is 6.54 Å². The molecule has 3 aliphatic carbocycles. The van der Waals surface area contributed by atoms with Crippen LogP contribution in [0.25, 0.3) is 0 Å². The summed E-state index contributed by atoms with van der Waals surface area (Å²) in [6.07, 6.45) is 5.69. The second kappa shape index (κ2) is 1.34. The van der Waals surface area contributed by atoms with Crippen LogP contribution in [0.3, 0.4) is 0 Å². The first kappa shape index (κ1) is 5.72. The van der Waals surface area contributed by atoms with Crippen molar-refractivity contribution in [2.45, 2.75) is 32.6 Å². The molecule has 0 spiro atoms. The normalized spacial score (nSPS) is 54.0. The van der Waals surface area contributed by atoms with Gasteiger partial charge in [-0.15, -0.1) is 0 Å². The van der Waals surface area contributed by atoms with Gasteiger partial charge in [0.25, 0.3) is 0 Å². The molecule has 3 fully saturated rings. The topological polar surface area (TPSA) is 26.0 Å². The Labute approximate surface area is 56.6 Å². The van der Waals surface area contributed by atoms with Crippen molar-refractivity contribution < 1.29 is 0 Å². The number of hydrogen-bond donors (Lipinski definition) is 1. The van der Waals surface area contributed by atoms with Crippen LogP contribution in [0.4, 0.5) is 0 Å². The summed E-state index contributed by atoms with van der Waals surface area (Å²) >= 11 is 0. The van der Waals surface area contributed by atoms with Crippen molar-refractivity contribution in [1.82, 2.24) is 0 Å². The van der Waals surface area contributed by atoms with Gasteiger partial charge in [0.15, 0.2) is 0 Å². The second-order valence-electron chi connectivity index (χ2n) is 4.38. The van der Waals surface area contributed by atoms with E-state index in [1.165, 1.54) is 25.7 Å². The first-order chi connectivity index (χ1) is 4.18. The number of hydrogen-bond acceptors (Lipinski definition) is 1. The van der Waals surface area contributed by atoms with E-state index in [0.717, 1.165) is 17.4 Å². The fraction of sp³-hybridized carbons (Fsp3) is 1.00. The Morgan fingerprint density at radius 3 is 2.22 bits per heavy atom. The van der Waals surface area contributed by atoms with Gasteiger partial charge in [-0.2, -0.15) is 0 Å². The molecule has 3 saturated carbocycles. The molecular formula is C8H15N. The van der Waals surface area contributed by atoms with Crippen LogP contribution in [-0.2, 0) is 0 Å². The van der Waals surface area contributed by atoms with Gasteiger partial charge in [-0.3, -0.25) is 0 Å². The molecule has 0 aliphatic heterocycles. The maximum absolute atomic E-state index is 5.49. The molecule has 2 bridgehead atoms. The molecular weight excluding hydrogens is 110 g/mol. The Morgan fingerprint density at radius 2 is 1.89 bits per heavy atom. The Bertz CT molecular complexity index is 114. The molecule has 0 heterocycles. The molecule has 0 radical (unpaired) electrons. The van der Waals surface area contributed by atoms with E-state index < -0.39 is 0 Å². The molecule has 52 valence electrons. The summed E-state index contributed by atoms with van der Waals surface area (Å²) < 4.78 is 0. The van der Waals surface area contributed by atoms with Gasteiger partial charge in [0.05, 0.1) is 0 Å². The van der Waals surface area contributed by atoms with Crippen molar-refractivity contribution in [3.05, 3.63) is 0 Å². The molecule has 2 N–H and O–H groups in total. The first-order valence-electron chi connectivity index (χ1n) is 3.88. The van der Waals surface area contributed by atoms with E-state index in [4.69, 9.17) is 5.73 Å². The van der Waals surface area contributed by atoms with Gasteiger partial charge < -0.3 is 5.73 Å². The monoisotopic (exact) mass is 125 g/mol. The highest BCUT2D eigenvalue weighted by Crippen LogP contribution is 2.74. The van der Waals surface area contributed by atoms with Crippen LogP contribution >= 0.6 is 0 Å². The molecule has 9 heavy (non-hydrogen) atoms. The third-order valence-corrected chi connectivity index (χ3v) is 3.08. The van der Waals surface area contributed by atoms with Gasteiger partial charge in [0.1, 0.15) is 0 Å². The molecule has 3 aliphatic rings. The lowest BCUT2D eigenvalue weighted by Crippen LogP contribution is -2.60. The van der Waals surface area contributed by atoms with Crippen LogP contribution in [0.2, 0.25) is 0 Å². The minimum absolute atomic E-state index is 0.753. The first-order valence-corrected chi connectivity index (χ1v) is 3.88. The van der Waals surface area contributed by atoms with Crippen molar-refractivity contribution in [2.24, 2.45) is 16.6 Å². The Kier molecular flexibility index (Phi) is 0.852. The zero-order valence-corrected chi connectivity index (χ0v) is 6.11. The van der Waals surface area contributed by atoms with E-state index in [2.05, 4.69) is 6.92 Å².